The van der Waals surface area contributed by atoms with E-state index in [1.54, 1.807) is 18.2 Å². The van der Waals surface area contributed by atoms with Crippen molar-refractivity contribution in [3.63, 3.8) is 0 Å². The lowest BCUT2D eigenvalue weighted by Crippen LogP contribution is -2.21. The lowest BCUT2D eigenvalue weighted by Gasteiger charge is -2.12. The van der Waals surface area contributed by atoms with E-state index >= 15 is 0 Å². The van der Waals surface area contributed by atoms with Crippen LogP contribution in [0.3, 0.4) is 0 Å². The number of hydrogen-bond acceptors (Lipinski definition) is 4. The predicted octanol–water partition coefficient (Wildman–Crippen LogP) is 3.11. The third-order valence-corrected chi connectivity index (χ3v) is 3.39. The van der Waals surface area contributed by atoms with Gasteiger partial charge < -0.3 is 14.8 Å². The first-order valence-electron chi connectivity index (χ1n) is 7.18. The van der Waals surface area contributed by atoms with Crippen molar-refractivity contribution in [3.05, 3.63) is 59.2 Å². The number of esters is 1. The van der Waals surface area contributed by atoms with E-state index in [1.165, 1.54) is 7.11 Å². The maximum absolute atomic E-state index is 12.0. The summed E-state index contributed by atoms with van der Waals surface area (Å²) < 4.78 is 10.2. The third-order valence-electron chi connectivity index (χ3n) is 3.39. The molecular weight excluding hydrogens is 294 g/mol. The number of ether oxygens (including phenoxy) is 2. The largest absolute Gasteiger partial charge is 0.483 e. The number of hydrogen-bond donors (Lipinski definition) is 1. The number of anilines is 1. The van der Waals surface area contributed by atoms with E-state index < -0.39 is 5.97 Å². The number of carbonyl (C=O) groups is 2. The highest BCUT2D eigenvalue weighted by atomic mass is 16.5. The minimum atomic E-state index is -0.448. The molecule has 5 heteroatoms. The first kappa shape index (κ1) is 16.5. The molecule has 0 spiro atoms. The molecule has 0 unspecified atom stereocenters. The van der Waals surface area contributed by atoms with E-state index in [0.717, 1.165) is 11.1 Å². The van der Waals surface area contributed by atoms with Crippen LogP contribution < -0.4 is 10.1 Å². The maximum atomic E-state index is 12.0. The maximum Gasteiger partial charge on any atom is 0.337 e. The van der Waals surface area contributed by atoms with Gasteiger partial charge >= 0.3 is 5.97 Å². The number of methoxy groups -OCH3 is 1. The van der Waals surface area contributed by atoms with Crippen molar-refractivity contribution < 1.29 is 19.1 Å². The summed E-state index contributed by atoms with van der Waals surface area (Å²) in [5, 5.41) is 2.75. The molecule has 0 saturated heterocycles. The first-order valence-corrected chi connectivity index (χ1v) is 7.18. The molecule has 0 atom stereocenters. The molecule has 2 rings (SSSR count). The molecule has 120 valence electrons. The van der Waals surface area contributed by atoms with Gasteiger partial charge in [0.25, 0.3) is 5.91 Å². The number of benzene rings is 2. The lowest BCUT2D eigenvalue weighted by atomic mass is 10.1. The van der Waals surface area contributed by atoms with E-state index in [-0.39, 0.29) is 12.5 Å². The zero-order chi connectivity index (χ0) is 16.8. The molecule has 0 aliphatic heterocycles. The van der Waals surface area contributed by atoms with Gasteiger partial charge in [0, 0.05) is 5.69 Å². The second-order valence-corrected chi connectivity index (χ2v) is 5.12. The number of nitrogens with one attached hydrogen (secondary N) is 1. The Hall–Kier alpha value is -2.82. The highest BCUT2D eigenvalue weighted by Gasteiger charge is 2.11. The minimum absolute atomic E-state index is 0.104. The lowest BCUT2D eigenvalue weighted by molar-refractivity contribution is -0.118. The summed E-state index contributed by atoms with van der Waals surface area (Å²) in [6.07, 6.45) is 0. The van der Waals surface area contributed by atoms with Crippen molar-refractivity contribution in [2.24, 2.45) is 0 Å². The van der Waals surface area contributed by atoms with Gasteiger partial charge in [-0.15, -0.1) is 0 Å². The SMILES string of the molecule is COC(=O)c1ccc(C)c(NC(=O)COc2ccccc2C)c1. The van der Waals surface area contributed by atoms with Crippen molar-refractivity contribution in [2.75, 3.05) is 19.0 Å². The predicted molar refractivity (Wildman–Crippen MR) is 87.8 cm³/mol. The summed E-state index contributed by atoms with van der Waals surface area (Å²) >= 11 is 0. The van der Waals surface area contributed by atoms with Gasteiger partial charge in [-0.05, 0) is 43.2 Å². The molecule has 0 heterocycles. The van der Waals surface area contributed by atoms with Gasteiger partial charge in [0.2, 0.25) is 0 Å². The number of aryl methyl sites for hydroxylation is 2. The summed E-state index contributed by atoms with van der Waals surface area (Å²) in [6, 6.07) is 12.5. The van der Waals surface area contributed by atoms with Crippen molar-refractivity contribution >= 4 is 17.6 Å². The Kier molecular flexibility index (Phi) is 5.36. The Labute approximate surface area is 135 Å². The van der Waals surface area contributed by atoms with Crippen LogP contribution in [0.25, 0.3) is 0 Å². The molecule has 2 aromatic rings. The summed E-state index contributed by atoms with van der Waals surface area (Å²) in [5.41, 5.74) is 2.76. The molecule has 0 aromatic heterocycles. The Morgan fingerprint density at radius 1 is 1.04 bits per heavy atom. The number of carbonyl (C=O) groups excluding carboxylic acids is 2. The molecule has 5 nitrogen and oxygen atoms in total. The number of para-hydroxylation sites is 1. The zero-order valence-electron chi connectivity index (χ0n) is 13.4. The quantitative estimate of drug-likeness (QED) is 0.861. The average molecular weight is 313 g/mol. The zero-order valence-corrected chi connectivity index (χ0v) is 13.4. The van der Waals surface area contributed by atoms with Crippen LogP contribution in [-0.4, -0.2) is 25.6 Å². The fourth-order valence-corrected chi connectivity index (χ4v) is 2.05. The fraction of sp³-hybridized carbons (Fsp3) is 0.222. The van der Waals surface area contributed by atoms with E-state index in [2.05, 4.69) is 10.1 Å². The van der Waals surface area contributed by atoms with Crippen LogP contribution in [0.5, 0.6) is 5.75 Å². The van der Waals surface area contributed by atoms with Crippen molar-refractivity contribution in [2.45, 2.75) is 13.8 Å². The van der Waals surface area contributed by atoms with Crippen LogP contribution >= 0.6 is 0 Å². The van der Waals surface area contributed by atoms with Crippen LogP contribution in [0.4, 0.5) is 5.69 Å². The van der Waals surface area contributed by atoms with Gasteiger partial charge in [-0.25, -0.2) is 4.79 Å². The number of rotatable bonds is 5. The molecule has 0 aliphatic carbocycles. The molecule has 0 bridgehead atoms. The van der Waals surface area contributed by atoms with Crippen LogP contribution in [-0.2, 0) is 9.53 Å². The standard InChI is InChI=1S/C18H19NO4/c1-12-8-9-14(18(21)22-3)10-15(12)19-17(20)11-23-16-7-5-4-6-13(16)2/h4-10H,11H2,1-3H3,(H,19,20). The summed E-state index contributed by atoms with van der Waals surface area (Å²) in [6.45, 7) is 3.66. The van der Waals surface area contributed by atoms with Crippen LogP contribution in [0, 0.1) is 13.8 Å². The van der Waals surface area contributed by atoms with Crippen LogP contribution in [0.2, 0.25) is 0 Å². The smallest absolute Gasteiger partial charge is 0.337 e. The molecule has 0 saturated carbocycles. The molecule has 0 radical (unpaired) electrons. The third kappa shape index (κ3) is 4.32. The molecule has 2 aromatic carbocycles. The van der Waals surface area contributed by atoms with Crippen molar-refractivity contribution in [3.8, 4) is 5.75 Å². The molecular formula is C18H19NO4. The van der Waals surface area contributed by atoms with Gasteiger partial charge in [-0.1, -0.05) is 24.3 Å². The highest BCUT2D eigenvalue weighted by molar-refractivity contribution is 5.95. The van der Waals surface area contributed by atoms with Crippen molar-refractivity contribution in [1.29, 1.82) is 0 Å². The van der Waals surface area contributed by atoms with E-state index in [4.69, 9.17) is 4.74 Å². The Morgan fingerprint density at radius 2 is 1.78 bits per heavy atom. The monoisotopic (exact) mass is 313 g/mol. The molecule has 1 N–H and O–H groups in total. The average Bonchev–Trinajstić information content (AvgIpc) is 2.55. The summed E-state index contributed by atoms with van der Waals surface area (Å²) in [7, 11) is 1.32. The van der Waals surface area contributed by atoms with Gasteiger partial charge in [0.15, 0.2) is 6.61 Å². The van der Waals surface area contributed by atoms with Gasteiger partial charge in [0.05, 0.1) is 12.7 Å². The van der Waals surface area contributed by atoms with Crippen molar-refractivity contribution in [1.82, 2.24) is 0 Å². The van der Waals surface area contributed by atoms with E-state index in [1.807, 2.05) is 38.1 Å². The molecule has 1 amide bonds. The fourth-order valence-electron chi connectivity index (χ4n) is 2.05. The normalized spacial score (nSPS) is 10.0. The second-order valence-electron chi connectivity index (χ2n) is 5.12. The molecule has 0 fully saturated rings. The first-order chi connectivity index (χ1) is 11.0. The van der Waals surface area contributed by atoms with Gasteiger partial charge in [0.1, 0.15) is 5.75 Å². The van der Waals surface area contributed by atoms with Crippen LogP contribution in [0.1, 0.15) is 21.5 Å². The van der Waals surface area contributed by atoms with E-state index in [0.29, 0.717) is 17.0 Å². The topological polar surface area (TPSA) is 64.6 Å². The molecule has 0 aliphatic rings. The van der Waals surface area contributed by atoms with Gasteiger partial charge in [-0.3, -0.25) is 4.79 Å². The molecule has 23 heavy (non-hydrogen) atoms. The number of amides is 1. The second kappa shape index (κ2) is 7.45. The Morgan fingerprint density at radius 3 is 2.48 bits per heavy atom. The minimum Gasteiger partial charge on any atom is -0.483 e. The Bertz CT molecular complexity index is 725. The van der Waals surface area contributed by atoms with E-state index in [9.17, 15) is 9.59 Å². The summed E-state index contributed by atoms with van der Waals surface area (Å²) in [5.74, 6) is -0.0716. The summed E-state index contributed by atoms with van der Waals surface area (Å²) in [4.78, 5) is 23.6. The highest BCUT2D eigenvalue weighted by Crippen LogP contribution is 2.19. The Balaban J connectivity index is 2.02. The van der Waals surface area contributed by atoms with Crippen LogP contribution in [0.15, 0.2) is 42.5 Å². The van der Waals surface area contributed by atoms with Gasteiger partial charge in [-0.2, -0.15) is 0 Å².